The third-order valence-corrected chi connectivity index (χ3v) is 3.48. The summed E-state index contributed by atoms with van der Waals surface area (Å²) in [4.78, 5) is 13.1. The third-order valence-electron chi connectivity index (χ3n) is 3.18. The number of halogens is 1. The summed E-state index contributed by atoms with van der Waals surface area (Å²) in [6.45, 7) is 0.550. The van der Waals surface area contributed by atoms with E-state index in [9.17, 15) is 9.90 Å². The van der Waals surface area contributed by atoms with Crippen LogP contribution in [-0.2, 0) is 6.54 Å². The molecule has 0 aliphatic carbocycles. The molecule has 0 spiro atoms. The maximum Gasteiger partial charge on any atom is 0.337 e. The van der Waals surface area contributed by atoms with Crippen molar-refractivity contribution in [1.29, 1.82) is 0 Å². The van der Waals surface area contributed by atoms with Crippen LogP contribution in [0, 0.1) is 0 Å². The van der Waals surface area contributed by atoms with Crippen LogP contribution in [-0.4, -0.2) is 25.2 Å². The van der Waals surface area contributed by atoms with Crippen molar-refractivity contribution in [1.82, 2.24) is 0 Å². The molecule has 0 fully saturated rings. The van der Waals surface area contributed by atoms with Gasteiger partial charge in [-0.2, -0.15) is 0 Å². The molecule has 4 nitrogen and oxygen atoms in total. The van der Waals surface area contributed by atoms with E-state index in [2.05, 4.69) is 0 Å². The van der Waals surface area contributed by atoms with Crippen molar-refractivity contribution in [3.8, 4) is 5.75 Å². The highest BCUT2D eigenvalue weighted by Crippen LogP contribution is 2.30. The summed E-state index contributed by atoms with van der Waals surface area (Å²) in [5, 5.41) is 9.69. The Bertz CT molecular complexity index is 640. The largest absolute Gasteiger partial charge is 0.497 e. The van der Waals surface area contributed by atoms with E-state index in [4.69, 9.17) is 16.3 Å². The molecule has 110 valence electrons. The Kier molecular flexibility index (Phi) is 4.70. The number of carbonyl (C=O) groups is 1. The van der Waals surface area contributed by atoms with Crippen LogP contribution < -0.4 is 9.64 Å². The molecular formula is C16H16ClNO3. The molecule has 0 bridgehead atoms. The second kappa shape index (κ2) is 6.50. The van der Waals surface area contributed by atoms with Gasteiger partial charge < -0.3 is 14.7 Å². The minimum absolute atomic E-state index is 0.193. The first kappa shape index (κ1) is 15.2. The number of carboxylic acids is 1. The van der Waals surface area contributed by atoms with Crippen molar-refractivity contribution in [2.75, 3.05) is 19.1 Å². The molecule has 0 aliphatic rings. The number of ether oxygens (including phenoxy) is 1. The topological polar surface area (TPSA) is 49.8 Å². The van der Waals surface area contributed by atoms with Gasteiger partial charge >= 0.3 is 5.97 Å². The number of anilines is 1. The van der Waals surface area contributed by atoms with Crippen LogP contribution in [0.4, 0.5) is 5.69 Å². The van der Waals surface area contributed by atoms with Gasteiger partial charge in [-0.1, -0.05) is 29.8 Å². The fourth-order valence-corrected chi connectivity index (χ4v) is 2.48. The maximum absolute atomic E-state index is 11.3. The summed E-state index contributed by atoms with van der Waals surface area (Å²) in [6, 6.07) is 12.5. The average Bonchev–Trinajstić information content (AvgIpc) is 2.47. The van der Waals surface area contributed by atoms with Crippen LogP contribution in [0.15, 0.2) is 42.5 Å². The molecule has 2 rings (SSSR count). The van der Waals surface area contributed by atoms with E-state index in [1.807, 2.05) is 36.2 Å². The number of carboxylic acid groups (broad SMARTS) is 1. The fraction of sp³-hybridized carbons (Fsp3) is 0.188. The molecule has 0 aromatic heterocycles. The monoisotopic (exact) mass is 305 g/mol. The zero-order valence-corrected chi connectivity index (χ0v) is 12.6. The van der Waals surface area contributed by atoms with E-state index in [1.54, 1.807) is 25.3 Å². The number of hydrogen-bond acceptors (Lipinski definition) is 3. The molecule has 0 atom stereocenters. The van der Waals surface area contributed by atoms with Crippen molar-refractivity contribution in [2.24, 2.45) is 0 Å². The van der Waals surface area contributed by atoms with Crippen LogP contribution in [0.2, 0.25) is 5.02 Å². The minimum atomic E-state index is -0.992. The van der Waals surface area contributed by atoms with Crippen molar-refractivity contribution in [2.45, 2.75) is 6.54 Å². The van der Waals surface area contributed by atoms with Crippen LogP contribution in [0.25, 0.3) is 0 Å². The summed E-state index contributed by atoms with van der Waals surface area (Å²) < 4.78 is 5.12. The predicted molar refractivity (Wildman–Crippen MR) is 83.5 cm³/mol. The second-order valence-corrected chi connectivity index (χ2v) is 5.05. The standard InChI is InChI=1S/C16H16ClNO3/c1-18(10-11-6-8-12(21-2)9-7-11)15-13(16(19)20)4-3-5-14(15)17/h3-9H,10H2,1-2H3,(H,19,20). The van der Waals surface area contributed by atoms with Gasteiger partial charge in [0.15, 0.2) is 0 Å². The predicted octanol–water partition coefficient (Wildman–Crippen LogP) is 3.68. The Labute approximate surface area is 128 Å². The average molecular weight is 306 g/mol. The van der Waals surface area contributed by atoms with Crippen molar-refractivity contribution in [3.05, 3.63) is 58.6 Å². The quantitative estimate of drug-likeness (QED) is 0.915. The highest BCUT2D eigenvalue weighted by atomic mass is 35.5. The lowest BCUT2D eigenvalue weighted by atomic mass is 10.1. The van der Waals surface area contributed by atoms with E-state index >= 15 is 0 Å². The zero-order chi connectivity index (χ0) is 15.4. The van der Waals surface area contributed by atoms with Crippen LogP contribution >= 0.6 is 11.6 Å². The van der Waals surface area contributed by atoms with Crippen LogP contribution in [0.3, 0.4) is 0 Å². The highest BCUT2D eigenvalue weighted by molar-refractivity contribution is 6.34. The molecule has 0 saturated heterocycles. The molecule has 21 heavy (non-hydrogen) atoms. The SMILES string of the molecule is COc1ccc(CN(C)c2c(Cl)cccc2C(=O)O)cc1. The lowest BCUT2D eigenvalue weighted by Crippen LogP contribution is -2.19. The molecule has 5 heteroatoms. The summed E-state index contributed by atoms with van der Waals surface area (Å²) in [6.07, 6.45) is 0. The maximum atomic E-state index is 11.3. The Morgan fingerprint density at radius 2 is 1.90 bits per heavy atom. The van der Waals surface area contributed by atoms with E-state index in [0.29, 0.717) is 17.3 Å². The summed E-state index contributed by atoms with van der Waals surface area (Å²) >= 11 is 6.16. The molecule has 0 saturated carbocycles. The Hall–Kier alpha value is -2.20. The number of para-hydroxylation sites is 1. The molecule has 0 radical (unpaired) electrons. The Balaban J connectivity index is 2.27. The van der Waals surface area contributed by atoms with Gasteiger partial charge in [0.1, 0.15) is 5.75 Å². The van der Waals surface area contributed by atoms with Crippen LogP contribution in [0.1, 0.15) is 15.9 Å². The van der Waals surface area contributed by atoms with Gasteiger partial charge in [-0.25, -0.2) is 4.79 Å². The Morgan fingerprint density at radius 1 is 1.24 bits per heavy atom. The summed E-state index contributed by atoms with van der Waals surface area (Å²) in [7, 11) is 3.43. The number of benzene rings is 2. The van der Waals surface area contributed by atoms with E-state index in [-0.39, 0.29) is 5.56 Å². The lowest BCUT2D eigenvalue weighted by molar-refractivity contribution is 0.0697. The third kappa shape index (κ3) is 3.47. The van der Waals surface area contributed by atoms with Gasteiger partial charge in [0.25, 0.3) is 0 Å². The first-order valence-corrected chi connectivity index (χ1v) is 6.76. The van der Waals surface area contributed by atoms with Crippen molar-refractivity contribution < 1.29 is 14.6 Å². The van der Waals surface area contributed by atoms with Crippen LogP contribution in [0.5, 0.6) is 5.75 Å². The molecule has 0 unspecified atom stereocenters. The number of methoxy groups -OCH3 is 1. The fourth-order valence-electron chi connectivity index (χ4n) is 2.16. The van der Waals surface area contributed by atoms with E-state index < -0.39 is 5.97 Å². The molecule has 1 N–H and O–H groups in total. The molecule has 0 amide bonds. The molecule has 2 aromatic rings. The number of hydrogen-bond donors (Lipinski definition) is 1. The first-order chi connectivity index (χ1) is 10.0. The first-order valence-electron chi connectivity index (χ1n) is 6.39. The number of rotatable bonds is 5. The second-order valence-electron chi connectivity index (χ2n) is 4.65. The summed E-state index contributed by atoms with van der Waals surface area (Å²) in [5.74, 6) is -0.209. The van der Waals surface area contributed by atoms with E-state index in [0.717, 1.165) is 11.3 Å². The molecule has 0 aliphatic heterocycles. The minimum Gasteiger partial charge on any atom is -0.497 e. The molecule has 2 aromatic carbocycles. The van der Waals surface area contributed by atoms with Gasteiger partial charge in [0.2, 0.25) is 0 Å². The zero-order valence-electron chi connectivity index (χ0n) is 11.8. The van der Waals surface area contributed by atoms with E-state index in [1.165, 1.54) is 0 Å². The van der Waals surface area contributed by atoms with Gasteiger partial charge in [0, 0.05) is 13.6 Å². The Morgan fingerprint density at radius 3 is 2.48 bits per heavy atom. The number of nitrogens with zero attached hydrogens (tertiary/aromatic N) is 1. The molecular weight excluding hydrogens is 290 g/mol. The van der Waals surface area contributed by atoms with Gasteiger partial charge in [-0.3, -0.25) is 0 Å². The lowest BCUT2D eigenvalue weighted by Gasteiger charge is -2.22. The van der Waals surface area contributed by atoms with Gasteiger partial charge in [-0.15, -0.1) is 0 Å². The highest BCUT2D eigenvalue weighted by Gasteiger charge is 2.16. The summed E-state index contributed by atoms with van der Waals surface area (Å²) in [5.41, 5.74) is 1.75. The van der Waals surface area contributed by atoms with Crippen molar-refractivity contribution in [3.63, 3.8) is 0 Å². The number of aromatic carboxylic acids is 1. The molecule has 0 heterocycles. The smallest absolute Gasteiger partial charge is 0.337 e. The van der Waals surface area contributed by atoms with Gasteiger partial charge in [0.05, 0.1) is 23.4 Å². The van der Waals surface area contributed by atoms with Gasteiger partial charge in [-0.05, 0) is 29.8 Å². The van der Waals surface area contributed by atoms with Crippen molar-refractivity contribution >= 4 is 23.3 Å². The normalized spacial score (nSPS) is 10.2.